The molecule has 0 atom stereocenters. The van der Waals surface area contributed by atoms with Gasteiger partial charge in [0.15, 0.2) is 6.20 Å². The molecule has 0 unspecified atom stereocenters. The van der Waals surface area contributed by atoms with Crippen LogP contribution >= 0.6 is 11.9 Å². The van der Waals surface area contributed by atoms with Crippen LogP contribution in [0.1, 0.15) is 64.0 Å². The van der Waals surface area contributed by atoms with E-state index in [-0.39, 0.29) is 0 Å². The van der Waals surface area contributed by atoms with E-state index in [9.17, 15) is 0 Å². The van der Waals surface area contributed by atoms with Crippen LogP contribution in [0.2, 0.25) is 0 Å². The fraction of sp³-hybridized carbons (Fsp3) is 0.846. The molecule has 0 aliphatic rings. The van der Waals surface area contributed by atoms with Gasteiger partial charge in [-0.1, -0.05) is 56.0 Å². The van der Waals surface area contributed by atoms with Gasteiger partial charge in [-0.15, -0.1) is 0 Å². The third-order valence-corrected chi connectivity index (χ3v) is 3.79. The Morgan fingerprint density at radius 3 is 2.35 bits per heavy atom. The van der Waals surface area contributed by atoms with Crippen LogP contribution in [0, 0.1) is 6.92 Å². The molecular formula is C13H26N3S+. The van der Waals surface area contributed by atoms with Crippen molar-refractivity contribution in [2.24, 2.45) is 0 Å². The van der Waals surface area contributed by atoms with E-state index in [1.807, 2.05) is 29.2 Å². The molecule has 3 nitrogen and oxygen atoms in total. The lowest BCUT2D eigenvalue weighted by molar-refractivity contribution is -0.564. The molecule has 0 amide bonds. The number of nitrogens with one attached hydrogen (secondary N) is 1. The second kappa shape index (κ2) is 9.51. The van der Waals surface area contributed by atoms with Crippen molar-refractivity contribution in [1.82, 2.24) is 10.3 Å². The molecule has 0 radical (unpaired) electrons. The molecule has 0 fully saturated rings. The second-order valence-corrected chi connectivity index (χ2v) is 5.68. The largest absolute Gasteiger partial charge is 0.216 e. The van der Waals surface area contributed by atoms with E-state index in [1.54, 1.807) is 0 Å². The highest BCUT2D eigenvalue weighted by Gasteiger charge is 2.03. The predicted octanol–water partition coefficient (Wildman–Crippen LogP) is 3.64. The molecule has 98 valence electrons. The summed E-state index contributed by atoms with van der Waals surface area (Å²) in [6.07, 6.45) is 13.1. The third kappa shape index (κ3) is 7.42. The van der Waals surface area contributed by atoms with E-state index in [2.05, 4.69) is 17.2 Å². The Hall–Kier alpha value is -0.510. The van der Waals surface area contributed by atoms with Crippen molar-refractivity contribution < 1.29 is 4.09 Å². The first-order chi connectivity index (χ1) is 8.33. The van der Waals surface area contributed by atoms with E-state index in [0.717, 1.165) is 5.69 Å². The molecule has 0 bridgehead atoms. The van der Waals surface area contributed by atoms with Crippen molar-refractivity contribution in [3.63, 3.8) is 0 Å². The van der Waals surface area contributed by atoms with Gasteiger partial charge in [0.2, 0.25) is 5.69 Å². The first kappa shape index (κ1) is 14.6. The number of hydrogen-bond donors (Lipinski definition) is 1. The minimum atomic E-state index is 1.05. The maximum absolute atomic E-state index is 4.09. The molecule has 0 aliphatic heterocycles. The lowest BCUT2D eigenvalue weighted by Gasteiger charge is -1.99. The molecule has 4 heteroatoms. The van der Waals surface area contributed by atoms with Crippen molar-refractivity contribution in [3.8, 4) is 0 Å². The van der Waals surface area contributed by atoms with Crippen molar-refractivity contribution in [2.45, 2.75) is 65.2 Å². The second-order valence-electron chi connectivity index (χ2n) is 4.62. The topological polar surface area (TPSA) is 32.6 Å². The summed E-state index contributed by atoms with van der Waals surface area (Å²) >= 11 is 1.81. The van der Waals surface area contributed by atoms with Gasteiger partial charge in [0, 0.05) is 17.8 Å². The van der Waals surface area contributed by atoms with E-state index in [0.29, 0.717) is 0 Å². The molecule has 0 aliphatic carbocycles. The predicted molar refractivity (Wildman–Crippen MR) is 74.0 cm³/mol. The van der Waals surface area contributed by atoms with Gasteiger partial charge < -0.3 is 0 Å². The summed E-state index contributed by atoms with van der Waals surface area (Å²) in [5.74, 6) is 1.18. The number of H-pyrrole nitrogens is 1. The Kier molecular flexibility index (Phi) is 8.14. The molecule has 1 rings (SSSR count). The highest BCUT2D eigenvalue weighted by Crippen LogP contribution is 2.09. The molecule has 1 aromatic rings. The molecular weight excluding hydrogens is 230 g/mol. The highest BCUT2D eigenvalue weighted by molar-refractivity contribution is 7.92. The normalized spacial score (nSPS) is 10.9. The van der Waals surface area contributed by atoms with Gasteiger partial charge >= 0.3 is 0 Å². The fourth-order valence-electron chi connectivity index (χ4n) is 1.82. The van der Waals surface area contributed by atoms with Gasteiger partial charge in [-0.2, -0.15) is 0 Å². The quantitative estimate of drug-likeness (QED) is 0.512. The Labute approximate surface area is 109 Å². The number of unbranched alkanes of at least 4 members (excludes halogenated alkanes) is 7. The van der Waals surface area contributed by atoms with E-state index in [1.165, 1.54) is 57.1 Å². The minimum Gasteiger partial charge on any atom is -0.0977 e. The maximum Gasteiger partial charge on any atom is 0.216 e. The van der Waals surface area contributed by atoms with Crippen molar-refractivity contribution in [1.29, 1.82) is 0 Å². The van der Waals surface area contributed by atoms with Crippen molar-refractivity contribution in [2.75, 3.05) is 5.75 Å². The average molecular weight is 256 g/mol. The molecule has 1 N–H and O–H groups in total. The van der Waals surface area contributed by atoms with Crippen molar-refractivity contribution >= 4 is 11.9 Å². The molecule has 0 saturated carbocycles. The van der Waals surface area contributed by atoms with Gasteiger partial charge in [0.25, 0.3) is 0 Å². The first-order valence-electron chi connectivity index (χ1n) is 6.90. The van der Waals surface area contributed by atoms with Gasteiger partial charge in [-0.25, -0.2) is 0 Å². The monoisotopic (exact) mass is 256 g/mol. The van der Waals surface area contributed by atoms with E-state index >= 15 is 0 Å². The lowest BCUT2D eigenvalue weighted by atomic mass is 10.1. The van der Waals surface area contributed by atoms with Crippen LogP contribution in [-0.4, -0.2) is 16.1 Å². The molecule has 0 aromatic carbocycles. The fourth-order valence-corrected chi connectivity index (χ4v) is 2.68. The molecule has 1 aromatic heterocycles. The smallest absolute Gasteiger partial charge is 0.0977 e. The number of nitrogens with zero attached hydrogens (tertiary/aromatic N) is 2. The zero-order valence-corrected chi connectivity index (χ0v) is 12.1. The number of aromatic nitrogens is 3. The Bertz CT molecular complexity index is 286. The highest BCUT2D eigenvalue weighted by atomic mass is 32.2. The van der Waals surface area contributed by atoms with Crippen LogP contribution in [-0.2, 0) is 0 Å². The summed E-state index contributed by atoms with van der Waals surface area (Å²) in [7, 11) is 0. The number of hydrogen-bond acceptors (Lipinski definition) is 2. The zero-order valence-electron chi connectivity index (χ0n) is 11.2. The Morgan fingerprint density at radius 2 is 1.76 bits per heavy atom. The van der Waals surface area contributed by atoms with Gasteiger partial charge in [-0.05, 0) is 11.6 Å². The number of aromatic amines is 1. The summed E-state index contributed by atoms with van der Waals surface area (Å²) in [6.45, 7) is 4.27. The van der Waals surface area contributed by atoms with Gasteiger partial charge in [0.05, 0.1) is 11.9 Å². The van der Waals surface area contributed by atoms with Gasteiger partial charge in [-0.3, -0.25) is 0 Å². The van der Waals surface area contributed by atoms with Crippen LogP contribution in [0.15, 0.2) is 6.20 Å². The standard InChI is InChI=1S/C13H25N3S/c1-3-4-5-6-7-8-9-10-11-17-16-12-13(2)14-15-16/h12H,3-11H2,1-2H3/p+1. The van der Waals surface area contributed by atoms with Crippen LogP contribution < -0.4 is 4.09 Å². The van der Waals surface area contributed by atoms with Gasteiger partial charge in [0.1, 0.15) is 0 Å². The summed E-state index contributed by atoms with van der Waals surface area (Å²) in [6, 6.07) is 0. The lowest BCUT2D eigenvalue weighted by Crippen LogP contribution is -2.26. The molecule has 1 heterocycles. The summed E-state index contributed by atoms with van der Waals surface area (Å²) in [4.78, 5) is 0. The zero-order chi connectivity index (χ0) is 12.3. The van der Waals surface area contributed by atoms with Crippen LogP contribution in [0.4, 0.5) is 0 Å². The van der Waals surface area contributed by atoms with Crippen LogP contribution in [0.5, 0.6) is 0 Å². The van der Waals surface area contributed by atoms with Crippen LogP contribution in [0.25, 0.3) is 0 Å². The summed E-state index contributed by atoms with van der Waals surface area (Å²) < 4.78 is 2.00. The van der Waals surface area contributed by atoms with Crippen molar-refractivity contribution in [3.05, 3.63) is 11.9 Å². The molecule has 0 saturated heterocycles. The SMILES string of the molecule is CCCCCCCCCCS[n+]1cc(C)n[nH]1. The number of rotatable bonds is 10. The average Bonchev–Trinajstić information content (AvgIpc) is 2.73. The van der Waals surface area contributed by atoms with Crippen LogP contribution in [0.3, 0.4) is 0 Å². The van der Waals surface area contributed by atoms with E-state index in [4.69, 9.17) is 0 Å². The Morgan fingerprint density at radius 1 is 1.12 bits per heavy atom. The summed E-state index contributed by atoms with van der Waals surface area (Å²) in [5.41, 5.74) is 1.05. The molecule has 17 heavy (non-hydrogen) atoms. The van der Waals surface area contributed by atoms with E-state index < -0.39 is 0 Å². The Balaban J connectivity index is 1.84. The summed E-state index contributed by atoms with van der Waals surface area (Å²) in [5, 5.41) is 7.05. The molecule has 0 spiro atoms. The number of aryl methyl sites for hydroxylation is 1. The third-order valence-electron chi connectivity index (χ3n) is 2.86. The first-order valence-corrected chi connectivity index (χ1v) is 7.84. The minimum absolute atomic E-state index is 1.05. The maximum atomic E-state index is 4.09.